The summed E-state index contributed by atoms with van der Waals surface area (Å²) in [6.07, 6.45) is 2.09. The van der Waals surface area contributed by atoms with Crippen LogP contribution in [-0.2, 0) is 0 Å². The van der Waals surface area contributed by atoms with Crippen molar-refractivity contribution in [2.75, 3.05) is 39.6 Å². The van der Waals surface area contributed by atoms with Crippen molar-refractivity contribution in [1.82, 2.24) is 0 Å². The number of hydrogen-bond acceptors (Lipinski definition) is 1. The summed E-state index contributed by atoms with van der Waals surface area (Å²) in [5.74, 6) is 0. The molecule has 4 heterocycles. The molecule has 0 saturated carbocycles. The van der Waals surface area contributed by atoms with Crippen LogP contribution < -0.4 is 14.7 Å². The predicted octanol–water partition coefficient (Wildman–Crippen LogP) is -3.59. The molecule has 4 saturated heterocycles. The topological polar surface area (TPSA) is 25.7 Å². The Bertz CT molecular complexity index is 433. The van der Waals surface area contributed by atoms with Gasteiger partial charge in [0.1, 0.15) is 19.6 Å². The van der Waals surface area contributed by atoms with Gasteiger partial charge in [0.2, 0.25) is 25.5 Å². The van der Waals surface area contributed by atoms with Crippen molar-refractivity contribution in [2.45, 2.75) is 5.54 Å². The second-order valence-corrected chi connectivity index (χ2v) is 6.20. The first kappa shape index (κ1) is 10.7. The van der Waals surface area contributed by atoms with E-state index in [0.29, 0.717) is 0 Å². The quantitative estimate of drug-likeness (QED) is 0.449. The van der Waals surface area contributed by atoms with Gasteiger partial charge in [-0.2, -0.15) is 0 Å². The minimum Gasteiger partial charge on any atom is -0.268 e. The molecule has 4 bridgehead atoms. The molecular formula is C14H21N4+3. The fourth-order valence-electron chi connectivity index (χ4n) is 4.09. The minimum absolute atomic E-state index is 0.213. The normalized spacial score (nSPS) is 41.7. The van der Waals surface area contributed by atoms with Crippen LogP contribution >= 0.6 is 0 Å². The van der Waals surface area contributed by atoms with E-state index in [1.54, 1.807) is 14.7 Å². The Hall–Kier alpha value is -1.23. The zero-order chi connectivity index (χ0) is 12.0. The smallest absolute Gasteiger partial charge is 0.213 e. The summed E-state index contributed by atoms with van der Waals surface area (Å²) < 4.78 is 0. The fraction of sp³-hybridized carbons (Fsp3) is 0.500. The molecule has 94 valence electrons. The van der Waals surface area contributed by atoms with Gasteiger partial charge in [0.05, 0.1) is 0 Å². The van der Waals surface area contributed by atoms with Gasteiger partial charge in [-0.25, -0.2) is 14.7 Å². The van der Waals surface area contributed by atoms with Crippen LogP contribution in [0.3, 0.4) is 0 Å². The van der Waals surface area contributed by atoms with Gasteiger partial charge < -0.3 is 0 Å². The van der Waals surface area contributed by atoms with E-state index >= 15 is 0 Å². The van der Waals surface area contributed by atoms with Gasteiger partial charge in [-0.15, -0.1) is 0 Å². The molecular weight excluding hydrogens is 224 g/mol. The van der Waals surface area contributed by atoms with Gasteiger partial charge in [0.25, 0.3) is 0 Å². The Labute approximate surface area is 108 Å². The summed E-state index contributed by atoms with van der Waals surface area (Å²) in [5.41, 5.74) is 1.44. The van der Waals surface area contributed by atoms with Crippen molar-refractivity contribution in [3.63, 3.8) is 0 Å². The van der Waals surface area contributed by atoms with E-state index in [0.717, 1.165) is 0 Å². The van der Waals surface area contributed by atoms with E-state index in [1.165, 1.54) is 45.2 Å². The van der Waals surface area contributed by atoms with Crippen molar-refractivity contribution in [2.24, 2.45) is 4.99 Å². The van der Waals surface area contributed by atoms with E-state index in [9.17, 15) is 0 Å². The number of hydrogen-bond donors (Lipinski definition) is 3. The summed E-state index contributed by atoms with van der Waals surface area (Å²) in [7, 11) is 0. The standard InChI is InChI=1S/C14H18N4/c1-2-4-13(5-3-1)6-15-14-7-16-10-17(8-14)12-18(9-14)11-16/h1-6H,7-12H2/p+3. The summed E-state index contributed by atoms with van der Waals surface area (Å²) in [6.45, 7) is 7.65. The van der Waals surface area contributed by atoms with Crippen LogP contribution in [0, 0.1) is 0 Å². The Morgan fingerprint density at radius 3 is 2.00 bits per heavy atom. The van der Waals surface area contributed by atoms with Crippen LogP contribution in [-0.4, -0.2) is 51.4 Å². The zero-order valence-electron chi connectivity index (χ0n) is 10.7. The summed E-state index contributed by atoms with van der Waals surface area (Å²) in [5, 5.41) is 0. The van der Waals surface area contributed by atoms with Crippen LogP contribution in [0.1, 0.15) is 5.56 Å². The van der Waals surface area contributed by atoms with Gasteiger partial charge in [0.15, 0.2) is 0 Å². The molecule has 18 heavy (non-hydrogen) atoms. The van der Waals surface area contributed by atoms with Crippen molar-refractivity contribution in [1.29, 1.82) is 0 Å². The van der Waals surface area contributed by atoms with Crippen LogP contribution in [0.4, 0.5) is 0 Å². The van der Waals surface area contributed by atoms with Gasteiger partial charge in [-0.05, 0) is 5.56 Å². The SMILES string of the molecule is C(=NC12C[NH+]3C[NH+](C[NH+](C3)C1)C2)c1ccccc1. The van der Waals surface area contributed by atoms with Crippen molar-refractivity contribution in [3.05, 3.63) is 35.9 Å². The molecule has 4 aliphatic heterocycles. The molecule has 4 nitrogen and oxygen atoms in total. The first-order valence-electron chi connectivity index (χ1n) is 6.92. The Kier molecular flexibility index (Phi) is 2.30. The van der Waals surface area contributed by atoms with E-state index < -0.39 is 0 Å². The summed E-state index contributed by atoms with van der Waals surface area (Å²) >= 11 is 0. The molecule has 0 atom stereocenters. The molecule has 3 N–H and O–H groups in total. The largest absolute Gasteiger partial charge is 0.268 e. The molecule has 0 amide bonds. The molecule has 5 rings (SSSR count). The summed E-state index contributed by atoms with van der Waals surface area (Å²) in [6, 6.07) is 10.5. The van der Waals surface area contributed by atoms with Crippen LogP contribution in [0.2, 0.25) is 0 Å². The second kappa shape index (κ2) is 3.88. The predicted molar refractivity (Wildman–Crippen MR) is 68.9 cm³/mol. The maximum Gasteiger partial charge on any atom is 0.213 e. The van der Waals surface area contributed by atoms with Gasteiger partial charge in [-0.3, -0.25) is 4.99 Å². The number of nitrogens with one attached hydrogen (secondary N) is 3. The molecule has 4 heteroatoms. The number of quaternary nitrogens is 3. The third kappa shape index (κ3) is 1.77. The number of nitrogens with zero attached hydrogens (tertiary/aromatic N) is 1. The van der Waals surface area contributed by atoms with Gasteiger partial charge in [0, 0.05) is 6.21 Å². The van der Waals surface area contributed by atoms with Crippen LogP contribution in [0.25, 0.3) is 0 Å². The lowest BCUT2D eigenvalue weighted by Crippen LogP contribution is -3.56. The van der Waals surface area contributed by atoms with Crippen molar-refractivity contribution >= 4 is 6.21 Å². The van der Waals surface area contributed by atoms with E-state index in [-0.39, 0.29) is 5.54 Å². The number of aliphatic imine (C=N–C) groups is 1. The molecule has 1 aromatic rings. The number of rotatable bonds is 2. The first-order chi connectivity index (χ1) is 8.81. The van der Waals surface area contributed by atoms with E-state index in [4.69, 9.17) is 4.99 Å². The molecule has 4 fully saturated rings. The highest BCUT2D eigenvalue weighted by molar-refractivity contribution is 5.79. The minimum atomic E-state index is 0.213. The average Bonchev–Trinajstić information content (AvgIpc) is 2.36. The maximum absolute atomic E-state index is 5.00. The molecule has 0 unspecified atom stereocenters. The van der Waals surface area contributed by atoms with Crippen molar-refractivity contribution in [3.8, 4) is 0 Å². The Balaban J connectivity index is 1.59. The van der Waals surface area contributed by atoms with Crippen LogP contribution in [0.15, 0.2) is 35.3 Å². The lowest BCUT2D eigenvalue weighted by Gasteiger charge is -2.50. The maximum atomic E-state index is 5.00. The third-order valence-electron chi connectivity index (χ3n) is 4.52. The lowest BCUT2D eigenvalue weighted by atomic mass is 9.91. The molecule has 0 aliphatic carbocycles. The number of benzene rings is 1. The second-order valence-electron chi connectivity index (χ2n) is 6.20. The highest BCUT2D eigenvalue weighted by Crippen LogP contribution is 2.09. The van der Waals surface area contributed by atoms with Crippen molar-refractivity contribution < 1.29 is 14.7 Å². The first-order valence-corrected chi connectivity index (χ1v) is 6.92. The average molecular weight is 245 g/mol. The molecule has 1 aromatic carbocycles. The molecule has 0 radical (unpaired) electrons. The monoisotopic (exact) mass is 245 g/mol. The lowest BCUT2D eigenvalue weighted by molar-refractivity contribution is -1.29. The van der Waals surface area contributed by atoms with Crippen LogP contribution in [0.5, 0.6) is 0 Å². The fourth-order valence-corrected chi connectivity index (χ4v) is 4.09. The van der Waals surface area contributed by atoms with Gasteiger partial charge >= 0.3 is 0 Å². The Morgan fingerprint density at radius 2 is 1.44 bits per heavy atom. The summed E-state index contributed by atoms with van der Waals surface area (Å²) in [4.78, 5) is 10.2. The van der Waals surface area contributed by atoms with E-state index in [2.05, 4.69) is 36.5 Å². The molecule has 0 aromatic heterocycles. The Morgan fingerprint density at radius 1 is 0.889 bits per heavy atom. The van der Waals surface area contributed by atoms with Gasteiger partial charge in [-0.1, -0.05) is 30.3 Å². The zero-order valence-corrected chi connectivity index (χ0v) is 10.7. The highest BCUT2D eigenvalue weighted by Gasteiger charge is 2.57. The third-order valence-corrected chi connectivity index (χ3v) is 4.52. The highest BCUT2D eigenvalue weighted by atomic mass is 15.6. The molecule has 0 spiro atoms. The van der Waals surface area contributed by atoms with E-state index in [1.807, 2.05) is 0 Å². The molecule has 4 aliphatic rings.